The van der Waals surface area contributed by atoms with Gasteiger partial charge in [-0.15, -0.1) is 0 Å². The summed E-state index contributed by atoms with van der Waals surface area (Å²) < 4.78 is 36.6. The Hall–Kier alpha value is -2.25. The van der Waals surface area contributed by atoms with E-state index in [1.54, 1.807) is 18.2 Å². The lowest BCUT2D eigenvalue weighted by molar-refractivity contribution is -0.115. The van der Waals surface area contributed by atoms with Crippen LogP contribution in [0.1, 0.15) is 16.8 Å². The van der Waals surface area contributed by atoms with Crippen molar-refractivity contribution in [3.05, 3.63) is 58.2 Å². The SMILES string of the molecule is COC1=C(S(=O)(=O)O)C=C(C(=O)c2ccccc2)C(=O)C1. The predicted octanol–water partition coefficient (Wildman–Crippen LogP) is 1.51. The van der Waals surface area contributed by atoms with E-state index >= 15 is 0 Å². The number of rotatable bonds is 4. The van der Waals surface area contributed by atoms with Gasteiger partial charge in [0.05, 0.1) is 19.1 Å². The summed E-state index contributed by atoms with van der Waals surface area (Å²) >= 11 is 0. The van der Waals surface area contributed by atoms with Gasteiger partial charge in [0.1, 0.15) is 10.7 Å². The van der Waals surface area contributed by atoms with Crippen LogP contribution in [0.4, 0.5) is 0 Å². The van der Waals surface area contributed by atoms with Gasteiger partial charge in [0.2, 0.25) is 0 Å². The van der Waals surface area contributed by atoms with Gasteiger partial charge in [0, 0.05) is 5.56 Å². The van der Waals surface area contributed by atoms with Crippen molar-refractivity contribution < 1.29 is 27.3 Å². The number of Topliss-reactive ketones (excluding diaryl/α,β-unsaturated/α-hetero) is 2. The molecule has 0 saturated heterocycles. The van der Waals surface area contributed by atoms with E-state index in [0.29, 0.717) is 0 Å². The summed E-state index contributed by atoms with van der Waals surface area (Å²) in [6, 6.07) is 7.99. The average molecular weight is 308 g/mol. The molecule has 0 radical (unpaired) electrons. The minimum atomic E-state index is -4.59. The summed E-state index contributed by atoms with van der Waals surface area (Å²) in [6.07, 6.45) is 0.464. The fourth-order valence-electron chi connectivity index (χ4n) is 1.95. The smallest absolute Gasteiger partial charge is 0.297 e. The number of ketones is 2. The van der Waals surface area contributed by atoms with Gasteiger partial charge >= 0.3 is 0 Å². The Morgan fingerprint density at radius 2 is 1.86 bits per heavy atom. The van der Waals surface area contributed by atoms with Crippen LogP contribution in [0.2, 0.25) is 0 Å². The zero-order chi connectivity index (χ0) is 15.6. The predicted molar refractivity (Wildman–Crippen MR) is 74.1 cm³/mol. The van der Waals surface area contributed by atoms with Crippen molar-refractivity contribution in [2.24, 2.45) is 0 Å². The lowest BCUT2D eigenvalue weighted by Gasteiger charge is -2.16. The highest BCUT2D eigenvalue weighted by Gasteiger charge is 2.31. The third kappa shape index (κ3) is 3.09. The van der Waals surface area contributed by atoms with Crippen LogP contribution in [0.5, 0.6) is 0 Å². The van der Waals surface area contributed by atoms with Crippen molar-refractivity contribution in [3.63, 3.8) is 0 Å². The number of ether oxygens (including phenoxy) is 1. The average Bonchev–Trinajstić information content (AvgIpc) is 2.45. The first-order valence-electron chi connectivity index (χ1n) is 5.94. The van der Waals surface area contributed by atoms with E-state index in [1.165, 1.54) is 19.2 Å². The lowest BCUT2D eigenvalue weighted by atomic mass is 9.94. The van der Waals surface area contributed by atoms with E-state index in [2.05, 4.69) is 0 Å². The van der Waals surface area contributed by atoms with Crippen molar-refractivity contribution >= 4 is 21.7 Å². The molecule has 1 aliphatic carbocycles. The minimum absolute atomic E-state index is 0.188. The molecular formula is C14H12O6S. The zero-order valence-electron chi connectivity index (χ0n) is 11.1. The van der Waals surface area contributed by atoms with Crippen molar-refractivity contribution in [2.45, 2.75) is 6.42 Å². The molecule has 1 aromatic carbocycles. The number of hydrogen-bond acceptors (Lipinski definition) is 5. The second-order valence-electron chi connectivity index (χ2n) is 4.32. The van der Waals surface area contributed by atoms with E-state index in [9.17, 15) is 18.0 Å². The number of carbonyl (C=O) groups excluding carboxylic acids is 2. The fraction of sp³-hybridized carbons (Fsp3) is 0.143. The number of allylic oxidation sites excluding steroid dienone is 3. The Morgan fingerprint density at radius 3 is 2.38 bits per heavy atom. The van der Waals surface area contributed by atoms with Crippen molar-refractivity contribution in [1.82, 2.24) is 0 Å². The highest BCUT2D eigenvalue weighted by molar-refractivity contribution is 7.90. The minimum Gasteiger partial charge on any atom is -0.499 e. The first-order valence-corrected chi connectivity index (χ1v) is 7.38. The Balaban J connectivity index is 2.53. The second-order valence-corrected chi connectivity index (χ2v) is 5.71. The van der Waals surface area contributed by atoms with Crippen LogP contribution in [0.3, 0.4) is 0 Å². The molecule has 2 rings (SSSR count). The van der Waals surface area contributed by atoms with Crippen LogP contribution >= 0.6 is 0 Å². The van der Waals surface area contributed by atoms with Gasteiger partial charge in [0.15, 0.2) is 11.6 Å². The molecule has 0 fully saturated rings. The van der Waals surface area contributed by atoms with Crippen molar-refractivity contribution in [3.8, 4) is 0 Å². The summed E-state index contributed by atoms with van der Waals surface area (Å²) in [6.45, 7) is 0. The summed E-state index contributed by atoms with van der Waals surface area (Å²) in [4.78, 5) is 23.7. The topological polar surface area (TPSA) is 97.7 Å². The number of methoxy groups -OCH3 is 1. The fourth-order valence-corrected chi connectivity index (χ4v) is 2.66. The Labute approximate surface area is 121 Å². The van der Waals surface area contributed by atoms with Gasteiger partial charge in [-0.2, -0.15) is 8.42 Å². The van der Waals surface area contributed by atoms with Crippen LogP contribution in [-0.4, -0.2) is 31.6 Å². The summed E-state index contributed by atoms with van der Waals surface area (Å²) in [5.41, 5.74) is -0.0396. The van der Waals surface area contributed by atoms with Crippen LogP contribution < -0.4 is 0 Å². The number of hydrogen-bond donors (Lipinski definition) is 1. The highest BCUT2D eigenvalue weighted by Crippen LogP contribution is 2.27. The highest BCUT2D eigenvalue weighted by atomic mass is 32.2. The molecule has 6 nitrogen and oxygen atoms in total. The first-order chi connectivity index (χ1) is 9.84. The second kappa shape index (κ2) is 5.63. The molecule has 0 aliphatic heterocycles. The van der Waals surface area contributed by atoms with Gasteiger partial charge in [-0.1, -0.05) is 30.3 Å². The van der Waals surface area contributed by atoms with Gasteiger partial charge in [-0.05, 0) is 6.08 Å². The third-order valence-corrected chi connectivity index (χ3v) is 3.88. The van der Waals surface area contributed by atoms with E-state index in [0.717, 1.165) is 6.08 Å². The van der Waals surface area contributed by atoms with E-state index < -0.39 is 33.0 Å². The van der Waals surface area contributed by atoms with E-state index in [1.807, 2.05) is 0 Å². The summed E-state index contributed by atoms with van der Waals surface area (Å²) in [7, 11) is -3.40. The first kappa shape index (κ1) is 15.1. The van der Waals surface area contributed by atoms with Gasteiger partial charge in [-0.3, -0.25) is 14.1 Å². The monoisotopic (exact) mass is 308 g/mol. The number of benzene rings is 1. The van der Waals surface area contributed by atoms with Crippen LogP contribution in [0.25, 0.3) is 0 Å². The Bertz CT molecular complexity index is 756. The Kier molecular flexibility index (Phi) is 4.06. The van der Waals surface area contributed by atoms with Crippen LogP contribution in [0.15, 0.2) is 52.6 Å². The van der Waals surface area contributed by atoms with Crippen LogP contribution in [-0.2, 0) is 19.6 Å². The lowest BCUT2D eigenvalue weighted by Crippen LogP contribution is -2.21. The molecule has 0 amide bonds. The van der Waals surface area contributed by atoms with Gasteiger partial charge in [-0.25, -0.2) is 0 Å². The van der Waals surface area contributed by atoms with Crippen LogP contribution in [0, 0.1) is 0 Å². The maximum absolute atomic E-state index is 12.2. The molecule has 0 heterocycles. The van der Waals surface area contributed by atoms with Crippen molar-refractivity contribution in [2.75, 3.05) is 7.11 Å². The largest absolute Gasteiger partial charge is 0.499 e. The van der Waals surface area contributed by atoms with E-state index in [4.69, 9.17) is 9.29 Å². The molecule has 0 spiro atoms. The maximum atomic E-state index is 12.2. The quantitative estimate of drug-likeness (QED) is 0.514. The molecule has 1 aliphatic rings. The molecule has 0 saturated carbocycles. The molecule has 0 unspecified atom stereocenters. The molecule has 7 heteroatoms. The molecule has 1 N–H and O–H groups in total. The molecule has 110 valence electrons. The summed E-state index contributed by atoms with van der Waals surface area (Å²) in [5.74, 6) is -1.35. The van der Waals surface area contributed by atoms with Gasteiger partial charge < -0.3 is 4.74 Å². The third-order valence-electron chi connectivity index (χ3n) is 2.98. The molecule has 1 aromatic rings. The maximum Gasteiger partial charge on any atom is 0.297 e. The van der Waals surface area contributed by atoms with Gasteiger partial charge in [0.25, 0.3) is 10.1 Å². The standard InChI is InChI=1S/C14H12O6S/c1-20-12-8-11(15)10(7-13(12)21(17,18)19)14(16)9-5-3-2-4-6-9/h2-7H,8H2,1H3,(H,17,18,19). The normalized spacial score (nSPS) is 15.7. The molecule has 0 atom stereocenters. The molecular weight excluding hydrogens is 296 g/mol. The van der Waals surface area contributed by atoms with E-state index in [-0.39, 0.29) is 16.9 Å². The molecule has 0 aromatic heterocycles. The zero-order valence-corrected chi connectivity index (χ0v) is 11.9. The van der Waals surface area contributed by atoms with Crippen molar-refractivity contribution in [1.29, 1.82) is 0 Å². The summed E-state index contributed by atoms with van der Waals surface area (Å²) in [5, 5.41) is 0. The Morgan fingerprint density at radius 1 is 1.24 bits per heavy atom. The molecule has 0 bridgehead atoms. The molecule has 21 heavy (non-hydrogen) atoms. The number of carbonyl (C=O) groups is 2.